The summed E-state index contributed by atoms with van der Waals surface area (Å²) in [6, 6.07) is 9.30. The molecule has 21 heavy (non-hydrogen) atoms. The van der Waals surface area contributed by atoms with E-state index in [1.165, 1.54) is 4.68 Å². The number of benzene rings is 1. The van der Waals surface area contributed by atoms with Crippen LogP contribution in [0.4, 0.5) is 0 Å². The normalized spacial score (nSPS) is 13.5. The van der Waals surface area contributed by atoms with Gasteiger partial charge in [0, 0.05) is 25.6 Å². The van der Waals surface area contributed by atoms with Crippen LogP contribution >= 0.6 is 0 Å². The van der Waals surface area contributed by atoms with E-state index in [1.54, 1.807) is 12.1 Å². The molecule has 0 amide bonds. The zero-order valence-corrected chi connectivity index (χ0v) is 11.9. The van der Waals surface area contributed by atoms with E-state index in [0.29, 0.717) is 18.7 Å². The van der Waals surface area contributed by atoms with Crippen LogP contribution in [0.15, 0.2) is 29.1 Å². The molecular weight excluding hydrogens is 264 g/mol. The average molecular weight is 280 g/mol. The number of nitriles is 1. The van der Waals surface area contributed by atoms with Gasteiger partial charge in [0.2, 0.25) is 0 Å². The molecule has 0 atom stereocenters. The average Bonchev–Trinajstić information content (AvgIpc) is 2.49. The van der Waals surface area contributed by atoms with E-state index in [0.717, 1.165) is 35.3 Å². The van der Waals surface area contributed by atoms with E-state index in [9.17, 15) is 4.79 Å². The Morgan fingerprint density at radius 3 is 3.05 bits per heavy atom. The smallest absolute Gasteiger partial charge is 0.267 e. The molecule has 0 radical (unpaired) electrons. The quantitative estimate of drug-likeness (QED) is 0.895. The van der Waals surface area contributed by atoms with Crippen LogP contribution in [-0.4, -0.2) is 16.3 Å². The Morgan fingerprint density at radius 1 is 1.43 bits per heavy atom. The molecule has 0 saturated heterocycles. The summed E-state index contributed by atoms with van der Waals surface area (Å²) in [5, 5.41) is 16.6. The predicted octanol–water partition coefficient (Wildman–Crippen LogP) is 1.12. The lowest BCUT2D eigenvalue weighted by molar-refractivity contribution is 0.562. The fourth-order valence-electron chi connectivity index (χ4n) is 2.58. The molecule has 0 saturated carbocycles. The minimum absolute atomic E-state index is 0.0822. The highest BCUT2D eigenvalue weighted by molar-refractivity contribution is 5.37. The number of nitrogens with zero attached hydrogens (tertiary/aromatic N) is 3. The van der Waals surface area contributed by atoms with Crippen molar-refractivity contribution in [2.24, 2.45) is 0 Å². The molecule has 1 aliphatic heterocycles. The minimum Gasteiger partial charge on any atom is -0.312 e. The summed E-state index contributed by atoms with van der Waals surface area (Å²) >= 11 is 0. The summed E-state index contributed by atoms with van der Waals surface area (Å²) in [5.74, 6) is 0. The first-order valence-electron chi connectivity index (χ1n) is 6.97. The molecule has 2 heterocycles. The maximum atomic E-state index is 12.2. The van der Waals surface area contributed by atoms with E-state index >= 15 is 0 Å². The maximum absolute atomic E-state index is 12.2. The number of rotatable bonds is 2. The highest BCUT2D eigenvalue weighted by Gasteiger charge is 2.13. The first-order chi connectivity index (χ1) is 10.2. The summed E-state index contributed by atoms with van der Waals surface area (Å²) in [6.45, 7) is 4.00. The third-order valence-corrected chi connectivity index (χ3v) is 3.81. The van der Waals surface area contributed by atoms with Gasteiger partial charge in [-0.05, 0) is 35.7 Å². The molecule has 5 nitrogen and oxygen atoms in total. The zero-order valence-electron chi connectivity index (χ0n) is 11.9. The lowest BCUT2D eigenvalue weighted by atomic mass is 10.1. The van der Waals surface area contributed by atoms with E-state index < -0.39 is 0 Å². The van der Waals surface area contributed by atoms with Crippen molar-refractivity contribution < 1.29 is 0 Å². The van der Waals surface area contributed by atoms with Crippen molar-refractivity contribution >= 4 is 0 Å². The predicted molar refractivity (Wildman–Crippen MR) is 78.9 cm³/mol. The van der Waals surface area contributed by atoms with Gasteiger partial charge in [-0.25, -0.2) is 4.68 Å². The van der Waals surface area contributed by atoms with Gasteiger partial charge in [0.25, 0.3) is 5.56 Å². The number of nitrogens with one attached hydrogen (secondary N) is 1. The largest absolute Gasteiger partial charge is 0.312 e. The van der Waals surface area contributed by atoms with Gasteiger partial charge in [-0.3, -0.25) is 4.79 Å². The molecule has 3 rings (SSSR count). The van der Waals surface area contributed by atoms with Crippen LogP contribution in [-0.2, 0) is 19.5 Å². The Morgan fingerprint density at radius 2 is 2.29 bits per heavy atom. The standard InChI is InChI=1S/C16H16N4O/c1-11-6-12(8-17)2-3-13(11)10-20-16(21)7-14-9-18-5-4-15(14)19-20/h2-3,6-7,18H,4-5,9-10H2,1H3. The van der Waals surface area contributed by atoms with Crippen LogP contribution in [0.2, 0.25) is 0 Å². The van der Waals surface area contributed by atoms with Crippen molar-refractivity contribution in [2.75, 3.05) is 6.54 Å². The van der Waals surface area contributed by atoms with Crippen LogP contribution in [0.25, 0.3) is 0 Å². The molecule has 1 N–H and O–H groups in total. The monoisotopic (exact) mass is 280 g/mol. The Bertz CT molecular complexity index is 786. The van der Waals surface area contributed by atoms with Gasteiger partial charge < -0.3 is 5.32 Å². The van der Waals surface area contributed by atoms with Crippen LogP contribution in [0.1, 0.15) is 27.9 Å². The Hall–Kier alpha value is -2.45. The van der Waals surface area contributed by atoms with E-state index in [-0.39, 0.29) is 5.56 Å². The molecule has 0 fully saturated rings. The number of fused-ring (bicyclic) bond motifs is 1. The van der Waals surface area contributed by atoms with E-state index in [1.807, 2.05) is 19.1 Å². The van der Waals surface area contributed by atoms with Crippen LogP contribution in [0.3, 0.4) is 0 Å². The Labute approximate surface area is 122 Å². The Balaban J connectivity index is 1.95. The molecule has 1 aromatic carbocycles. The van der Waals surface area contributed by atoms with Crippen LogP contribution < -0.4 is 10.9 Å². The van der Waals surface area contributed by atoms with Crippen molar-refractivity contribution in [3.63, 3.8) is 0 Å². The molecule has 0 unspecified atom stereocenters. The fourth-order valence-corrected chi connectivity index (χ4v) is 2.58. The lowest BCUT2D eigenvalue weighted by Gasteiger charge is -2.17. The Kier molecular flexibility index (Phi) is 3.55. The minimum atomic E-state index is -0.0822. The summed E-state index contributed by atoms with van der Waals surface area (Å²) in [5.41, 5.74) is 4.56. The first kappa shape index (κ1) is 13.5. The number of aryl methyl sites for hydroxylation is 1. The topological polar surface area (TPSA) is 70.7 Å². The van der Waals surface area contributed by atoms with Crippen molar-refractivity contribution in [2.45, 2.75) is 26.4 Å². The molecule has 0 aliphatic carbocycles. The van der Waals surface area contributed by atoms with Gasteiger partial charge in [0.1, 0.15) is 0 Å². The summed E-state index contributed by atoms with van der Waals surface area (Å²) in [7, 11) is 0. The van der Waals surface area contributed by atoms with Crippen molar-refractivity contribution in [1.82, 2.24) is 15.1 Å². The van der Waals surface area contributed by atoms with Crippen LogP contribution in [0, 0.1) is 18.3 Å². The van der Waals surface area contributed by atoms with Gasteiger partial charge >= 0.3 is 0 Å². The molecule has 5 heteroatoms. The van der Waals surface area contributed by atoms with Crippen molar-refractivity contribution in [1.29, 1.82) is 5.26 Å². The number of aromatic nitrogens is 2. The van der Waals surface area contributed by atoms with Gasteiger partial charge in [-0.1, -0.05) is 6.07 Å². The molecule has 1 aromatic heterocycles. The second-order valence-corrected chi connectivity index (χ2v) is 5.29. The zero-order chi connectivity index (χ0) is 14.8. The second kappa shape index (κ2) is 5.51. The second-order valence-electron chi connectivity index (χ2n) is 5.29. The molecular formula is C16H16N4O. The van der Waals surface area contributed by atoms with Gasteiger partial charge in [-0.2, -0.15) is 10.4 Å². The fraction of sp³-hybridized carbons (Fsp3) is 0.312. The molecule has 0 bridgehead atoms. The maximum Gasteiger partial charge on any atom is 0.267 e. The first-order valence-corrected chi connectivity index (χ1v) is 6.97. The molecule has 1 aliphatic rings. The van der Waals surface area contributed by atoms with Crippen molar-refractivity contribution in [3.05, 3.63) is 62.6 Å². The summed E-state index contributed by atoms with van der Waals surface area (Å²) in [4.78, 5) is 12.2. The highest BCUT2D eigenvalue weighted by atomic mass is 16.1. The third-order valence-electron chi connectivity index (χ3n) is 3.81. The summed E-state index contributed by atoms with van der Waals surface area (Å²) in [6.07, 6.45) is 0.849. The van der Waals surface area contributed by atoms with E-state index in [4.69, 9.17) is 5.26 Å². The third kappa shape index (κ3) is 2.71. The molecule has 2 aromatic rings. The van der Waals surface area contributed by atoms with Gasteiger partial charge in [0.15, 0.2) is 0 Å². The van der Waals surface area contributed by atoms with Crippen LogP contribution in [0.5, 0.6) is 0 Å². The van der Waals surface area contributed by atoms with Crippen molar-refractivity contribution in [3.8, 4) is 6.07 Å². The SMILES string of the molecule is Cc1cc(C#N)ccc1Cn1nc2c(cc1=O)CNCC2. The highest BCUT2D eigenvalue weighted by Crippen LogP contribution is 2.12. The molecule has 106 valence electrons. The van der Waals surface area contributed by atoms with Gasteiger partial charge in [0.05, 0.1) is 23.9 Å². The lowest BCUT2D eigenvalue weighted by Crippen LogP contribution is -2.32. The number of hydrogen-bond acceptors (Lipinski definition) is 4. The molecule has 0 spiro atoms. The van der Waals surface area contributed by atoms with Gasteiger partial charge in [-0.15, -0.1) is 0 Å². The summed E-state index contributed by atoms with van der Waals surface area (Å²) < 4.78 is 1.51. The number of hydrogen-bond donors (Lipinski definition) is 1. The van der Waals surface area contributed by atoms with E-state index in [2.05, 4.69) is 16.5 Å².